The van der Waals surface area contributed by atoms with E-state index in [-0.39, 0.29) is 11.8 Å². The molecule has 4 rings (SSSR count). The minimum absolute atomic E-state index is 0.0430. The Morgan fingerprint density at radius 1 is 0.972 bits per heavy atom. The largest absolute Gasteiger partial charge is 0.495 e. The summed E-state index contributed by atoms with van der Waals surface area (Å²) < 4.78 is 10.8. The van der Waals surface area contributed by atoms with E-state index in [1.165, 1.54) is 5.56 Å². The van der Waals surface area contributed by atoms with Crippen LogP contribution in [0.3, 0.4) is 0 Å². The summed E-state index contributed by atoms with van der Waals surface area (Å²) in [5.41, 5.74) is 3.03. The van der Waals surface area contributed by atoms with Crippen molar-refractivity contribution in [3.63, 3.8) is 0 Å². The molecule has 36 heavy (non-hydrogen) atoms. The predicted molar refractivity (Wildman–Crippen MR) is 142 cm³/mol. The summed E-state index contributed by atoms with van der Waals surface area (Å²) in [6, 6.07) is 22.7. The van der Waals surface area contributed by atoms with E-state index in [1.54, 1.807) is 43.5 Å². The van der Waals surface area contributed by atoms with Crippen molar-refractivity contribution >= 4 is 23.2 Å². The fourth-order valence-electron chi connectivity index (χ4n) is 4.54. The first-order valence-corrected chi connectivity index (χ1v) is 12.4. The highest BCUT2D eigenvalue weighted by Crippen LogP contribution is 2.32. The summed E-state index contributed by atoms with van der Waals surface area (Å²) in [5, 5.41) is 5.79. The van der Waals surface area contributed by atoms with Crippen molar-refractivity contribution in [1.29, 1.82) is 0 Å². The minimum Gasteiger partial charge on any atom is -0.495 e. The SMILES string of the molecule is CCOc1ccc(C2CCCN2CCC(=O)Nc2ccc(C(=O)Nc3ccccc3OC)cc2)cc1. The highest BCUT2D eigenvalue weighted by atomic mass is 16.5. The molecule has 3 aromatic rings. The van der Waals surface area contributed by atoms with Crippen LogP contribution >= 0.6 is 0 Å². The average Bonchev–Trinajstić information content (AvgIpc) is 3.37. The summed E-state index contributed by atoms with van der Waals surface area (Å²) in [6.45, 7) is 4.32. The van der Waals surface area contributed by atoms with E-state index in [9.17, 15) is 9.59 Å². The Hall–Kier alpha value is -3.84. The van der Waals surface area contributed by atoms with E-state index < -0.39 is 0 Å². The average molecular weight is 488 g/mol. The van der Waals surface area contributed by atoms with Crippen molar-refractivity contribution in [1.82, 2.24) is 4.90 Å². The van der Waals surface area contributed by atoms with Gasteiger partial charge in [0.25, 0.3) is 5.91 Å². The number of ether oxygens (including phenoxy) is 2. The van der Waals surface area contributed by atoms with Crippen LogP contribution in [0.4, 0.5) is 11.4 Å². The van der Waals surface area contributed by atoms with Gasteiger partial charge >= 0.3 is 0 Å². The first-order chi connectivity index (χ1) is 17.6. The number of methoxy groups -OCH3 is 1. The molecule has 0 aliphatic carbocycles. The highest BCUT2D eigenvalue weighted by Gasteiger charge is 2.26. The summed E-state index contributed by atoms with van der Waals surface area (Å²) in [6.07, 6.45) is 2.62. The first kappa shape index (κ1) is 25.3. The molecular formula is C29H33N3O4. The van der Waals surface area contributed by atoms with E-state index in [0.29, 0.717) is 48.3 Å². The van der Waals surface area contributed by atoms with Crippen molar-refractivity contribution in [3.8, 4) is 11.5 Å². The maximum absolute atomic E-state index is 12.6. The van der Waals surface area contributed by atoms with Crippen LogP contribution in [0.1, 0.15) is 48.1 Å². The second-order valence-corrected chi connectivity index (χ2v) is 8.73. The van der Waals surface area contributed by atoms with Crippen LogP contribution in [0.5, 0.6) is 11.5 Å². The topological polar surface area (TPSA) is 79.9 Å². The fourth-order valence-corrected chi connectivity index (χ4v) is 4.54. The molecular weight excluding hydrogens is 454 g/mol. The molecule has 0 saturated carbocycles. The number of hydrogen-bond acceptors (Lipinski definition) is 5. The molecule has 2 N–H and O–H groups in total. The zero-order valence-electron chi connectivity index (χ0n) is 20.8. The third-order valence-electron chi connectivity index (χ3n) is 6.35. The van der Waals surface area contributed by atoms with Crippen molar-refractivity contribution in [2.24, 2.45) is 0 Å². The lowest BCUT2D eigenvalue weighted by molar-refractivity contribution is -0.116. The van der Waals surface area contributed by atoms with Crippen LogP contribution < -0.4 is 20.1 Å². The lowest BCUT2D eigenvalue weighted by Crippen LogP contribution is -2.27. The molecule has 188 valence electrons. The Labute approximate surface area is 212 Å². The quantitative estimate of drug-likeness (QED) is 0.394. The van der Waals surface area contributed by atoms with Gasteiger partial charge in [0.15, 0.2) is 0 Å². The zero-order chi connectivity index (χ0) is 25.3. The Bertz CT molecular complexity index is 1160. The number of nitrogens with zero attached hydrogens (tertiary/aromatic N) is 1. The number of anilines is 2. The molecule has 1 fully saturated rings. The number of para-hydroxylation sites is 2. The molecule has 7 nitrogen and oxygen atoms in total. The molecule has 0 bridgehead atoms. The number of rotatable bonds is 10. The molecule has 0 radical (unpaired) electrons. The highest BCUT2D eigenvalue weighted by molar-refractivity contribution is 6.05. The lowest BCUT2D eigenvalue weighted by Gasteiger charge is -2.24. The Kier molecular flexibility index (Phi) is 8.57. The van der Waals surface area contributed by atoms with Crippen molar-refractivity contribution in [2.75, 3.05) is 37.4 Å². The van der Waals surface area contributed by atoms with Gasteiger partial charge in [-0.25, -0.2) is 0 Å². The van der Waals surface area contributed by atoms with Gasteiger partial charge in [0.2, 0.25) is 5.91 Å². The van der Waals surface area contributed by atoms with Gasteiger partial charge in [0.1, 0.15) is 11.5 Å². The first-order valence-electron chi connectivity index (χ1n) is 12.4. The van der Waals surface area contributed by atoms with Gasteiger partial charge in [-0.2, -0.15) is 0 Å². The van der Waals surface area contributed by atoms with Gasteiger partial charge < -0.3 is 20.1 Å². The molecule has 1 atom stereocenters. The molecule has 0 aromatic heterocycles. The van der Waals surface area contributed by atoms with Crippen LogP contribution in [-0.2, 0) is 4.79 Å². The van der Waals surface area contributed by atoms with E-state index >= 15 is 0 Å². The predicted octanol–water partition coefficient (Wildman–Crippen LogP) is 5.51. The maximum Gasteiger partial charge on any atom is 0.255 e. The van der Waals surface area contributed by atoms with Crippen molar-refractivity contribution < 1.29 is 19.1 Å². The molecule has 1 heterocycles. The molecule has 1 saturated heterocycles. The van der Waals surface area contributed by atoms with Crippen LogP contribution in [0.2, 0.25) is 0 Å². The van der Waals surface area contributed by atoms with Crippen LogP contribution in [-0.4, -0.2) is 43.5 Å². The van der Waals surface area contributed by atoms with E-state index in [1.807, 2.05) is 31.2 Å². The van der Waals surface area contributed by atoms with Crippen LogP contribution in [0.15, 0.2) is 72.8 Å². The Morgan fingerprint density at radius 3 is 2.44 bits per heavy atom. The second kappa shape index (κ2) is 12.2. The third-order valence-corrected chi connectivity index (χ3v) is 6.35. The number of hydrogen-bond donors (Lipinski definition) is 2. The smallest absolute Gasteiger partial charge is 0.255 e. The standard InChI is InChI=1S/C29H33N3O4/c1-3-36-24-16-12-21(13-17-24)26-8-6-19-32(26)20-18-28(33)30-23-14-10-22(11-15-23)29(34)31-25-7-4-5-9-27(25)35-2/h4-5,7,9-17,26H,3,6,8,18-20H2,1-2H3,(H,30,33)(H,31,34). The normalized spacial score (nSPS) is 15.3. The Balaban J connectivity index is 1.28. The van der Waals surface area contributed by atoms with Gasteiger partial charge in [0, 0.05) is 30.3 Å². The maximum atomic E-state index is 12.6. The Morgan fingerprint density at radius 2 is 1.72 bits per heavy atom. The molecule has 1 aliphatic heterocycles. The molecule has 2 amide bonds. The number of nitrogens with one attached hydrogen (secondary N) is 2. The molecule has 1 aliphatic rings. The minimum atomic E-state index is -0.244. The monoisotopic (exact) mass is 487 g/mol. The van der Waals surface area contributed by atoms with Gasteiger partial charge in [-0.15, -0.1) is 0 Å². The fraction of sp³-hybridized carbons (Fsp3) is 0.310. The van der Waals surface area contributed by atoms with E-state index in [4.69, 9.17) is 9.47 Å². The van der Waals surface area contributed by atoms with Gasteiger partial charge in [-0.1, -0.05) is 24.3 Å². The number of benzene rings is 3. The summed E-state index contributed by atoms with van der Waals surface area (Å²) in [5.74, 6) is 1.19. The van der Waals surface area contributed by atoms with Crippen LogP contribution in [0, 0.1) is 0 Å². The molecule has 1 unspecified atom stereocenters. The molecule has 7 heteroatoms. The van der Waals surface area contributed by atoms with Gasteiger partial charge in [-0.05, 0) is 80.4 Å². The summed E-state index contributed by atoms with van der Waals surface area (Å²) >= 11 is 0. The van der Waals surface area contributed by atoms with Gasteiger partial charge in [0.05, 0.1) is 19.4 Å². The summed E-state index contributed by atoms with van der Waals surface area (Å²) in [7, 11) is 1.56. The van der Waals surface area contributed by atoms with Crippen molar-refractivity contribution in [3.05, 3.63) is 83.9 Å². The molecule has 0 spiro atoms. The van der Waals surface area contributed by atoms with E-state index in [0.717, 1.165) is 25.1 Å². The van der Waals surface area contributed by atoms with Crippen molar-refractivity contribution in [2.45, 2.75) is 32.2 Å². The van der Waals surface area contributed by atoms with Crippen LogP contribution in [0.25, 0.3) is 0 Å². The van der Waals surface area contributed by atoms with E-state index in [2.05, 4.69) is 27.7 Å². The number of amides is 2. The number of likely N-dealkylation sites (tertiary alicyclic amines) is 1. The van der Waals surface area contributed by atoms with Gasteiger partial charge in [-0.3, -0.25) is 14.5 Å². The zero-order valence-corrected chi connectivity index (χ0v) is 20.8. The number of carbonyl (C=O) groups is 2. The lowest BCUT2D eigenvalue weighted by atomic mass is 10.0. The molecule has 3 aromatic carbocycles. The summed E-state index contributed by atoms with van der Waals surface area (Å²) in [4.78, 5) is 27.6. The number of carbonyl (C=O) groups excluding carboxylic acids is 2. The second-order valence-electron chi connectivity index (χ2n) is 8.73. The third kappa shape index (κ3) is 6.43.